The van der Waals surface area contributed by atoms with Gasteiger partial charge in [0, 0.05) is 16.1 Å². The maximum Gasteiger partial charge on any atom is 0.128 e. The molecule has 106 valence electrons. The lowest BCUT2D eigenvalue weighted by Gasteiger charge is -2.23. The van der Waals surface area contributed by atoms with Gasteiger partial charge in [0.15, 0.2) is 0 Å². The van der Waals surface area contributed by atoms with Crippen LogP contribution in [0.4, 0.5) is 4.39 Å². The average molecular weight is 328 g/mol. The van der Waals surface area contributed by atoms with Crippen LogP contribution < -0.4 is 5.32 Å². The third kappa shape index (κ3) is 4.28. The lowest BCUT2D eigenvalue weighted by molar-refractivity contribution is 0.362. The number of hydrogen-bond acceptors (Lipinski definition) is 1. The molecule has 3 heteroatoms. The van der Waals surface area contributed by atoms with E-state index in [4.69, 9.17) is 0 Å². The minimum absolute atomic E-state index is 0.101. The van der Waals surface area contributed by atoms with Crippen LogP contribution in [0.2, 0.25) is 0 Å². The summed E-state index contributed by atoms with van der Waals surface area (Å²) >= 11 is 3.44. The van der Waals surface area contributed by atoms with Crippen molar-refractivity contribution < 1.29 is 4.39 Å². The standard InChI is InChI=1S/C16H23BrFN/c1-19-16(10-12-6-4-2-3-5-7-12)14-11-13(17)8-9-15(14)18/h8-9,11-12,16,19H,2-7,10H2,1H3. The van der Waals surface area contributed by atoms with Gasteiger partial charge in [0.05, 0.1) is 0 Å². The quantitative estimate of drug-likeness (QED) is 0.748. The van der Waals surface area contributed by atoms with Gasteiger partial charge < -0.3 is 5.32 Å². The Kier molecular flexibility index (Phi) is 5.83. The van der Waals surface area contributed by atoms with Gasteiger partial charge in [0.25, 0.3) is 0 Å². The number of benzene rings is 1. The first-order valence-electron chi connectivity index (χ1n) is 7.33. The third-order valence-electron chi connectivity index (χ3n) is 4.23. The minimum Gasteiger partial charge on any atom is -0.313 e. The van der Waals surface area contributed by atoms with Gasteiger partial charge in [-0.15, -0.1) is 0 Å². The minimum atomic E-state index is -0.101. The van der Waals surface area contributed by atoms with Gasteiger partial charge in [-0.25, -0.2) is 4.39 Å². The van der Waals surface area contributed by atoms with E-state index < -0.39 is 0 Å². The van der Waals surface area contributed by atoms with Crippen LogP contribution in [-0.2, 0) is 0 Å². The molecular formula is C16H23BrFN. The van der Waals surface area contributed by atoms with Crippen molar-refractivity contribution in [1.29, 1.82) is 0 Å². The summed E-state index contributed by atoms with van der Waals surface area (Å²) in [5, 5.41) is 3.29. The molecule has 0 saturated heterocycles. The number of nitrogens with one attached hydrogen (secondary N) is 1. The lowest BCUT2D eigenvalue weighted by atomic mass is 9.89. The van der Waals surface area contributed by atoms with Gasteiger partial charge in [-0.05, 0) is 37.6 Å². The highest BCUT2D eigenvalue weighted by Gasteiger charge is 2.20. The second-order valence-corrected chi connectivity index (χ2v) is 6.52. The molecule has 0 radical (unpaired) electrons. The van der Waals surface area contributed by atoms with Crippen LogP contribution in [0.5, 0.6) is 0 Å². The van der Waals surface area contributed by atoms with Crippen molar-refractivity contribution in [2.24, 2.45) is 5.92 Å². The van der Waals surface area contributed by atoms with Gasteiger partial charge in [0.2, 0.25) is 0 Å². The van der Waals surface area contributed by atoms with Gasteiger partial charge in [0.1, 0.15) is 5.82 Å². The molecule has 1 aliphatic rings. The summed E-state index contributed by atoms with van der Waals surface area (Å²) in [5.41, 5.74) is 0.793. The van der Waals surface area contributed by atoms with Crippen LogP contribution >= 0.6 is 15.9 Å². The molecule has 0 amide bonds. The Morgan fingerprint density at radius 3 is 2.58 bits per heavy atom. The predicted octanol–water partition coefficient (Wildman–Crippen LogP) is 5.21. The van der Waals surface area contributed by atoms with E-state index in [9.17, 15) is 4.39 Å². The Morgan fingerprint density at radius 2 is 1.95 bits per heavy atom. The maximum absolute atomic E-state index is 14.0. The van der Waals surface area contributed by atoms with Crippen LogP contribution in [0, 0.1) is 11.7 Å². The highest BCUT2D eigenvalue weighted by molar-refractivity contribution is 9.10. The number of hydrogen-bond donors (Lipinski definition) is 1. The monoisotopic (exact) mass is 327 g/mol. The van der Waals surface area contributed by atoms with Crippen molar-refractivity contribution >= 4 is 15.9 Å². The number of rotatable bonds is 4. The van der Waals surface area contributed by atoms with Crippen molar-refractivity contribution in [1.82, 2.24) is 5.32 Å². The molecule has 1 aromatic rings. The molecule has 0 bridgehead atoms. The lowest BCUT2D eigenvalue weighted by Crippen LogP contribution is -2.21. The van der Waals surface area contributed by atoms with Crippen LogP contribution in [-0.4, -0.2) is 7.05 Å². The second-order valence-electron chi connectivity index (χ2n) is 5.60. The fourth-order valence-corrected chi connectivity index (χ4v) is 3.49. The van der Waals surface area contributed by atoms with Crippen molar-refractivity contribution in [2.75, 3.05) is 7.05 Å². The van der Waals surface area contributed by atoms with E-state index in [-0.39, 0.29) is 11.9 Å². The molecule has 0 spiro atoms. The van der Waals surface area contributed by atoms with Gasteiger partial charge >= 0.3 is 0 Å². The molecule has 1 atom stereocenters. The molecule has 1 fully saturated rings. The van der Waals surface area contributed by atoms with E-state index in [1.54, 1.807) is 12.1 Å². The highest BCUT2D eigenvalue weighted by atomic mass is 79.9. The molecule has 1 unspecified atom stereocenters. The van der Waals surface area contributed by atoms with E-state index in [1.165, 1.54) is 38.5 Å². The predicted molar refractivity (Wildman–Crippen MR) is 81.7 cm³/mol. The maximum atomic E-state index is 14.0. The molecule has 1 saturated carbocycles. The largest absolute Gasteiger partial charge is 0.313 e. The Bertz CT molecular complexity index is 400. The highest BCUT2D eigenvalue weighted by Crippen LogP contribution is 2.32. The molecule has 1 N–H and O–H groups in total. The van der Waals surface area contributed by atoms with Crippen molar-refractivity contribution in [3.8, 4) is 0 Å². The summed E-state index contributed by atoms with van der Waals surface area (Å²) < 4.78 is 14.9. The zero-order valence-corrected chi connectivity index (χ0v) is 13.2. The van der Waals surface area contributed by atoms with Crippen LogP contribution in [0.25, 0.3) is 0 Å². The summed E-state index contributed by atoms with van der Waals surface area (Å²) in [5.74, 6) is 0.634. The van der Waals surface area contributed by atoms with Crippen molar-refractivity contribution in [3.05, 3.63) is 34.1 Å². The normalized spacial score (nSPS) is 19.1. The van der Waals surface area contributed by atoms with E-state index in [0.29, 0.717) is 0 Å². The van der Waals surface area contributed by atoms with Gasteiger partial charge in [-0.3, -0.25) is 0 Å². The Hall–Kier alpha value is -0.410. The summed E-state index contributed by atoms with van der Waals surface area (Å²) in [7, 11) is 1.93. The van der Waals surface area contributed by atoms with E-state index in [2.05, 4.69) is 21.2 Å². The molecule has 2 rings (SSSR count). The summed E-state index contributed by atoms with van der Waals surface area (Å²) in [4.78, 5) is 0. The van der Waals surface area contributed by atoms with Crippen LogP contribution in [0.15, 0.2) is 22.7 Å². The second kappa shape index (κ2) is 7.39. The fraction of sp³-hybridized carbons (Fsp3) is 0.625. The Morgan fingerprint density at radius 1 is 1.26 bits per heavy atom. The summed E-state index contributed by atoms with van der Waals surface area (Å²) in [6.45, 7) is 0. The first-order chi connectivity index (χ1) is 9.20. The molecule has 1 nitrogen and oxygen atoms in total. The molecule has 0 aromatic heterocycles. The Balaban J connectivity index is 2.08. The molecule has 1 aromatic carbocycles. The molecule has 0 heterocycles. The third-order valence-corrected chi connectivity index (χ3v) is 4.72. The van der Waals surface area contributed by atoms with E-state index in [1.807, 2.05) is 13.1 Å². The topological polar surface area (TPSA) is 12.0 Å². The van der Waals surface area contributed by atoms with E-state index >= 15 is 0 Å². The smallest absolute Gasteiger partial charge is 0.128 e. The average Bonchev–Trinajstić information content (AvgIpc) is 2.67. The van der Waals surface area contributed by atoms with E-state index in [0.717, 1.165) is 22.4 Å². The molecule has 19 heavy (non-hydrogen) atoms. The molecule has 1 aliphatic carbocycles. The van der Waals surface area contributed by atoms with Crippen molar-refractivity contribution in [2.45, 2.75) is 51.0 Å². The first kappa shape index (κ1) is 15.0. The summed E-state index contributed by atoms with van der Waals surface area (Å²) in [6.07, 6.45) is 9.05. The van der Waals surface area contributed by atoms with Crippen LogP contribution in [0.3, 0.4) is 0 Å². The SMILES string of the molecule is CNC(CC1CCCCCC1)c1cc(Br)ccc1F. The molecule has 0 aliphatic heterocycles. The zero-order chi connectivity index (χ0) is 13.7. The summed E-state index contributed by atoms with van der Waals surface area (Å²) in [6, 6.07) is 5.35. The number of halogens is 2. The van der Waals surface area contributed by atoms with Gasteiger partial charge in [-0.2, -0.15) is 0 Å². The van der Waals surface area contributed by atoms with Crippen LogP contribution in [0.1, 0.15) is 56.6 Å². The van der Waals surface area contributed by atoms with Crippen molar-refractivity contribution in [3.63, 3.8) is 0 Å². The van der Waals surface area contributed by atoms with Gasteiger partial charge in [-0.1, -0.05) is 54.5 Å². The fourth-order valence-electron chi connectivity index (χ4n) is 3.11. The zero-order valence-electron chi connectivity index (χ0n) is 11.6. The molecular weight excluding hydrogens is 305 g/mol. The Labute approximate surface area is 124 Å². The first-order valence-corrected chi connectivity index (χ1v) is 8.12.